The maximum atomic E-state index is 14.0. The van der Waals surface area contributed by atoms with Gasteiger partial charge in [-0.2, -0.15) is 0 Å². The number of alkyl halides is 1. The van der Waals surface area contributed by atoms with Crippen molar-refractivity contribution >= 4 is 17.4 Å². The van der Waals surface area contributed by atoms with Crippen molar-refractivity contribution in [2.75, 3.05) is 11.2 Å². The molecule has 0 aliphatic carbocycles. The van der Waals surface area contributed by atoms with Crippen LogP contribution in [-0.2, 0) is 6.42 Å². The van der Waals surface area contributed by atoms with Crippen LogP contribution in [0.15, 0.2) is 6.33 Å². The number of aryl methyl sites for hydroxylation is 1. The van der Waals surface area contributed by atoms with Gasteiger partial charge in [0.05, 0.1) is 5.69 Å². The lowest BCUT2D eigenvalue weighted by Crippen LogP contribution is -2.35. The van der Waals surface area contributed by atoms with Gasteiger partial charge >= 0.3 is 0 Å². The minimum Gasteiger partial charge on any atom is -0.364 e. The maximum absolute atomic E-state index is 14.0. The van der Waals surface area contributed by atoms with Crippen molar-refractivity contribution in [3.63, 3.8) is 0 Å². The van der Waals surface area contributed by atoms with Gasteiger partial charge in [0.15, 0.2) is 11.6 Å². The topological polar surface area (TPSA) is 37.8 Å². The normalized spacial score (nSPS) is 13.4. The van der Waals surface area contributed by atoms with Crippen molar-refractivity contribution in [3.8, 4) is 0 Å². The second-order valence-electron chi connectivity index (χ2n) is 5.38. The minimum absolute atomic E-state index is 0.0152. The van der Waals surface area contributed by atoms with E-state index in [1.54, 1.807) is 0 Å². The third-order valence-electron chi connectivity index (χ3n) is 2.95. The molecule has 3 nitrogen and oxygen atoms in total. The first-order valence-corrected chi connectivity index (χ1v) is 6.75. The molecule has 0 amide bonds. The predicted molar refractivity (Wildman–Crippen MR) is 73.6 cm³/mol. The van der Waals surface area contributed by atoms with E-state index in [1.165, 1.54) is 6.33 Å². The molecule has 1 aromatic heterocycles. The van der Waals surface area contributed by atoms with Crippen LogP contribution in [0, 0.1) is 11.2 Å². The molecule has 1 aromatic rings. The second kappa shape index (κ2) is 6.32. The van der Waals surface area contributed by atoms with Gasteiger partial charge in [0.25, 0.3) is 0 Å². The van der Waals surface area contributed by atoms with Gasteiger partial charge in [0, 0.05) is 11.9 Å². The van der Waals surface area contributed by atoms with Gasteiger partial charge in [-0.05, 0) is 18.3 Å². The Bertz CT molecular complexity index is 390. The van der Waals surface area contributed by atoms with E-state index >= 15 is 0 Å². The fourth-order valence-corrected chi connectivity index (χ4v) is 1.97. The smallest absolute Gasteiger partial charge is 0.186 e. The molecule has 5 heteroatoms. The number of hydrogen-bond acceptors (Lipinski definition) is 3. The summed E-state index contributed by atoms with van der Waals surface area (Å²) in [5, 5.41) is 3.15. The van der Waals surface area contributed by atoms with Crippen LogP contribution < -0.4 is 5.32 Å². The van der Waals surface area contributed by atoms with Gasteiger partial charge in [-0.3, -0.25) is 0 Å². The highest BCUT2D eigenvalue weighted by Crippen LogP contribution is 2.26. The Hall–Kier alpha value is -0.900. The molecular formula is C13H21ClFN3. The van der Waals surface area contributed by atoms with Gasteiger partial charge in [-0.25, -0.2) is 14.4 Å². The van der Waals surface area contributed by atoms with Crippen LogP contribution >= 0.6 is 11.6 Å². The number of nitrogens with zero attached hydrogens (tertiary/aromatic N) is 2. The molecular weight excluding hydrogens is 253 g/mol. The van der Waals surface area contributed by atoms with Crippen molar-refractivity contribution in [1.29, 1.82) is 0 Å². The van der Waals surface area contributed by atoms with E-state index in [9.17, 15) is 4.39 Å². The highest BCUT2D eigenvalue weighted by Gasteiger charge is 2.25. The van der Waals surface area contributed by atoms with E-state index in [1.807, 2.05) is 6.92 Å². The number of nitrogens with one attached hydrogen (secondary N) is 1. The summed E-state index contributed by atoms with van der Waals surface area (Å²) in [6, 6.07) is 0.0732. The Morgan fingerprint density at radius 2 is 2.06 bits per heavy atom. The zero-order valence-corrected chi connectivity index (χ0v) is 12.2. The van der Waals surface area contributed by atoms with Gasteiger partial charge in [-0.15, -0.1) is 11.6 Å². The van der Waals surface area contributed by atoms with E-state index in [2.05, 4.69) is 36.1 Å². The molecule has 0 radical (unpaired) electrons. The summed E-state index contributed by atoms with van der Waals surface area (Å²) in [7, 11) is 0. The predicted octanol–water partition coefficient (Wildman–Crippen LogP) is 3.63. The molecule has 1 unspecified atom stereocenters. The summed E-state index contributed by atoms with van der Waals surface area (Å²) in [6.45, 7) is 8.15. The van der Waals surface area contributed by atoms with E-state index in [0.29, 0.717) is 18.0 Å². The molecule has 18 heavy (non-hydrogen) atoms. The number of aromatic nitrogens is 2. The summed E-state index contributed by atoms with van der Waals surface area (Å²) in [6.07, 6.45) is 2.71. The average Bonchev–Trinajstić information content (AvgIpc) is 2.29. The van der Waals surface area contributed by atoms with Crippen LogP contribution in [0.4, 0.5) is 10.2 Å². The highest BCUT2D eigenvalue weighted by molar-refractivity contribution is 6.17. The van der Waals surface area contributed by atoms with Crippen molar-refractivity contribution in [1.82, 2.24) is 9.97 Å². The Kier molecular flexibility index (Phi) is 5.32. The summed E-state index contributed by atoms with van der Waals surface area (Å²) in [5.74, 6) is 0.443. The summed E-state index contributed by atoms with van der Waals surface area (Å²) >= 11 is 5.80. The lowest BCUT2D eigenvalue weighted by atomic mass is 9.85. The summed E-state index contributed by atoms with van der Waals surface area (Å²) < 4.78 is 14.0. The van der Waals surface area contributed by atoms with Gasteiger partial charge in [0.1, 0.15) is 6.33 Å². The Morgan fingerprint density at radius 3 is 2.56 bits per heavy atom. The summed E-state index contributed by atoms with van der Waals surface area (Å²) in [4.78, 5) is 7.90. The minimum atomic E-state index is -0.358. The van der Waals surface area contributed by atoms with E-state index in [0.717, 1.165) is 6.42 Å². The lowest BCUT2D eigenvalue weighted by molar-refractivity contribution is 0.332. The molecule has 1 rings (SSSR count). The zero-order valence-electron chi connectivity index (χ0n) is 11.4. The Morgan fingerprint density at radius 1 is 1.39 bits per heavy atom. The van der Waals surface area contributed by atoms with E-state index < -0.39 is 0 Å². The molecule has 1 heterocycles. The summed E-state index contributed by atoms with van der Waals surface area (Å²) in [5.41, 5.74) is 0.421. The molecule has 1 N–H and O–H groups in total. The number of rotatable bonds is 5. The third-order valence-corrected chi connectivity index (χ3v) is 3.17. The molecule has 1 atom stereocenters. The van der Waals surface area contributed by atoms with Gasteiger partial charge < -0.3 is 5.32 Å². The molecule has 0 aliphatic rings. The fourth-order valence-electron chi connectivity index (χ4n) is 1.75. The van der Waals surface area contributed by atoms with Gasteiger partial charge in [0.2, 0.25) is 0 Å². The quantitative estimate of drug-likeness (QED) is 0.833. The van der Waals surface area contributed by atoms with E-state index in [-0.39, 0.29) is 23.1 Å². The molecule has 0 saturated carbocycles. The second-order valence-corrected chi connectivity index (χ2v) is 5.76. The standard InChI is InChI=1S/C13H21ClFN3/c1-5-9-11(15)12(17-8-16-9)18-10(6-7-14)13(2,3)4/h8,10H,5-7H2,1-4H3,(H,16,17,18). The van der Waals surface area contributed by atoms with Crippen LogP contribution in [0.5, 0.6) is 0 Å². The Labute approximate surface area is 113 Å². The van der Waals surface area contributed by atoms with Crippen LogP contribution in [0.25, 0.3) is 0 Å². The number of hydrogen-bond donors (Lipinski definition) is 1. The molecule has 0 saturated heterocycles. The van der Waals surface area contributed by atoms with Crippen LogP contribution in [-0.4, -0.2) is 21.9 Å². The first-order chi connectivity index (χ1) is 8.40. The zero-order chi connectivity index (χ0) is 13.8. The molecule has 0 bridgehead atoms. The average molecular weight is 274 g/mol. The maximum Gasteiger partial charge on any atom is 0.186 e. The van der Waals surface area contributed by atoms with Crippen molar-refractivity contribution in [3.05, 3.63) is 17.8 Å². The van der Waals surface area contributed by atoms with E-state index in [4.69, 9.17) is 11.6 Å². The molecule has 0 fully saturated rings. The third kappa shape index (κ3) is 3.80. The fraction of sp³-hybridized carbons (Fsp3) is 0.692. The van der Waals surface area contributed by atoms with Crippen molar-refractivity contribution in [2.45, 2.75) is 46.6 Å². The molecule has 0 aliphatic heterocycles. The van der Waals surface area contributed by atoms with Crippen molar-refractivity contribution < 1.29 is 4.39 Å². The monoisotopic (exact) mass is 273 g/mol. The molecule has 0 spiro atoms. The largest absolute Gasteiger partial charge is 0.364 e. The number of anilines is 1. The van der Waals surface area contributed by atoms with Crippen LogP contribution in [0.3, 0.4) is 0 Å². The Balaban J connectivity index is 2.94. The van der Waals surface area contributed by atoms with Gasteiger partial charge in [-0.1, -0.05) is 27.7 Å². The first-order valence-electron chi connectivity index (χ1n) is 6.22. The number of halogens is 2. The van der Waals surface area contributed by atoms with Crippen LogP contribution in [0.1, 0.15) is 39.8 Å². The highest BCUT2D eigenvalue weighted by atomic mass is 35.5. The van der Waals surface area contributed by atoms with Crippen LogP contribution in [0.2, 0.25) is 0 Å². The lowest BCUT2D eigenvalue weighted by Gasteiger charge is -2.31. The molecule has 102 valence electrons. The molecule has 0 aromatic carbocycles. The first kappa shape index (κ1) is 15.2. The SMILES string of the molecule is CCc1ncnc(NC(CCCl)C(C)(C)C)c1F. The van der Waals surface area contributed by atoms with Crippen molar-refractivity contribution in [2.24, 2.45) is 5.41 Å².